The number of nitrogens with zero attached hydrogens (tertiary/aromatic N) is 1. The molecule has 6 nitrogen and oxygen atoms in total. The summed E-state index contributed by atoms with van der Waals surface area (Å²) in [4.78, 5) is 12.0. The van der Waals surface area contributed by atoms with E-state index in [9.17, 15) is 9.90 Å². The van der Waals surface area contributed by atoms with Gasteiger partial charge in [-0.05, 0) is 31.2 Å². The molecule has 8 heteroatoms. The van der Waals surface area contributed by atoms with E-state index < -0.39 is 5.91 Å². The zero-order valence-electron chi connectivity index (χ0n) is 13.5. The first-order valence-corrected chi connectivity index (χ1v) is 8.04. The van der Waals surface area contributed by atoms with E-state index in [1.165, 1.54) is 19.4 Å². The summed E-state index contributed by atoms with van der Waals surface area (Å²) in [6, 6.07) is 7.93. The van der Waals surface area contributed by atoms with E-state index in [-0.39, 0.29) is 27.1 Å². The summed E-state index contributed by atoms with van der Waals surface area (Å²) in [5, 5.41) is 14.3. The van der Waals surface area contributed by atoms with E-state index in [0.717, 1.165) is 0 Å². The molecule has 0 aliphatic rings. The number of halogens is 2. The molecule has 0 radical (unpaired) electrons. The van der Waals surface area contributed by atoms with Crippen LogP contribution in [0.3, 0.4) is 0 Å². The SMILES string of the molecule is CCOc1cc(Cl)c(Cl)c(/C=N/NC(=O)c2ccc(OC)cc2)c1O. The number of hydrogen-bond donors (Lipinski definition) is 2. The van der Waals surface area contributed by atoms with Crippen LogP contribution in [-0.2, 0) is 0 Å². The summed E-state index contributed by atoms with van der Waals surface area (Å²) in [6.07, 6.45) is 1.20. The lowest BCUT2D eigenvalue weighted by Gasteiger charge is -2.10. The van der Waals surface area contributed by atoms with Gasteiger partial charge in [0.25, 0.3) is 5.91 Å². The standard InChI is InChI=1S/C17H16Cl2N2O4/c1-3-25-14-8-13(18)15(19)12(16(14)22)9-20-21-17(23)10-4-6-11(24-2)7-5-10/h4-9,22H,3H2,1-2H3,(H,21,23)/b20-9+. The van der Waals surface area contributed by atoms with Crippen molar-refractivity contribution in [3.05, 3.63) is 51.5 Å². The molecule has 0 fully saturated rings. The summed E-state index contributed by atoms with van der Waals surface area (Å²) < 4.78 is 10.3. The van der Waals surface area contributed by atoms with Crippen LogP contribution in [0.2, 0.25) is 10.0 Å². The number of benzene rings is 2. The summed E-state index contributed by atoms with van der Waals surface area (Å²) in [7, 11) is 1.54. The summed E-state index contributed by atoms with van der Waals surface area (Å²) >= 11 is 12.1. The predicted molar refractivity (Wildman–Crippen MR) is 97.4 cm³/mol. The molecule has 0 aliphatic heterocycles. The molecule has 0 atom stereocenters. The largest absolute Gasteiger partial charge is 0.504 e. The number of rotatable bonds is 6. The number of phenols is 1. The smallest absolute Gasteiger partial charge is 0.271 e. The zero-order chi connectivity index (χ0) is 18.4. The summed E-state index contributed by atoms with van der Waals surface area (Å²) in [6.45, 7) is 2.11. The van der Waals surface area contributed by atoms with Gasteiger partial charge < -0.3 is 14.6 Å². The molecule has 2 aromatic carbocycles. The lowest BCUT2D eigenvalue weighted by Crippen LogP contribution is -2.17. The fraction of sp³-hybridized carbons (Fsp3) is 0.176. The molecule has 0 bridgehead atoms. The van der Waals surface area contributed by atoms with Crippen molar-refractivity contribution in [2.75, 3.05) is 13.7 Å². The molecule has 25 heavy (non-hydrogen) atoms. The molecule has 0 spiro atoms. The van der Waals surface area contributed by atoms with E-state index in [2.05, 4.69) is 10.5 Å². The summed E-state index contributed by atoms with van der Waals surface area (Å²) in [5.41, 5.74) is 2.89. The van der Waals surface area contributed by atoms with Crippen LogP contribution in [-0.4, -0.2) is 30.9 Å². The number of ether oxygens (including phenoxy) is 2. The molecular weight excluding hydrogens is 367 g/mol. The average molecular weight is 383 g/mol. The van der Waals surface area contributed by atoms with E-state index in [1.54, 1.807) is 31.2 Å². The van der Waals surface area contributed by atoms with Crippen LogP contribution in [0.25, 0.3) is 0 Å². The van der Waals surface area contributed by atoms with Crippen molar-refractivity contribution < 1.29 is 19.4 Å². The minimum Gasteiger partial charge on any atom is -0.504 e. The Labute approximate surface area is 155 Å². The molecule has 0 aliphatic carbocycles. The van der Waals surface area contributed by atoms with Gasteiger partial charge in [0.15, 0.2) is 11.5 Å². The van der Waals surface area contributed by atoms with Crippen LogP contribution in [0.5, 0.6) is 17.2 Å². The van der Waals surface area contributed by atoms with Crippen molar-refractivity contribution in [3.8, 4) is 17.2 Å². The van der Waals surface area contributed by atoms with Crippen LogP contribution < -0.4 is 14.9 Å². The molecular formula is C17H16Cl2N2O4. The molecule has 0 saturated heterocycles. The molecule has 1 amide bonds. The lowest BCUT2D eigenvalue weighted by atomic mass is 10.2. The monoisotopic (exact) mass is 382 g/mol. The van der Waals surface area contributed by atoms with Crippen molar-refractivity contribution in [2.45, 2.75) is 6.92 Å². The lowest BCUT2D eigenvalue weighted by molar-refractivity contribution is 0.0955. The van der Waals surface area contributed by atoms with Gasteiger partial charge in [-0.15, -0.1) is 0 Å². The molecule has 2 aromatic rings. The highest BCUT2D eigenvalue weighted by Crippen LogP contribution is 2.39. The van der Waals surface area contributed by atoms with Gasteiger partial charge in [-0.25, -0.2) is 5.43 Å². The van der Waals surface area contributed by atoms with Crippen LogP contribution in [0.4, 0.5) is 0 Å². The molecule has 0 unspecified atom stereocenters. The van der Waals surface area contributed by atoms with Crippen molar-refractivity contribution in [1.82, 2.24) is 5.43 Å². The number of aromatic hydroxyl groups is 1. The second kappa shape index (κ2) is 8.60. The first-order valence-electron chi connectivity index (χ1n) is 7.29. The first kappa shape index (κ1) is 18.9. The van der Waals surface area contributed by atoms with E-state index in [4.69, 9.17) is 32.7 Å². The van der Waals surface area contributed by atoms with Gasteiger partial charge in [-0.3, -0.25) is 4.79 Å². The zero-order valence-corrected chi connectivity index (χ0v) is 15.1. The predicted octanol–water partition coefficient (Wildman–Crippen LogP) is 3.87. The normalized spacial score (nSPS) is 10.7. The van der Waals surface area contributed by atoms with Crippen LogP contribution in [0.15, 0.2) is 35.4 Å². The molecule has 0 aromatic heterocycles. The third kappa shape index (κ3) is 4.55. The second-order valence-electron chi connectivity index (χ2n) is 4.79. The van der Waals surface area contributed by atoms with E-state index in [0.29, 0.717) is 17.9 Å². The number of carbonyl (C=O) groups excluding carboxylic acids is 1. The Balaban J connectivity index is 2.17. The Bertz CT molecular complexity index is 792. The highest BCUT2D eigenvalue weighted by molar-refractivity contribution is 6.43. The van der Waals surface area contributed by atoms with Gasteiger partial charge in [-0.2, -0.15) is 5.10 Å². The van der Waals surface area contributed by atoms with Crippen LogP contribution in [0.1, 0.15) is 22.8 Å². The number of phenolic OH excluding ortho intramolecular Hbond substituents is 1. The fourth-order valence-corrected chi connectivity index (χ4v) is 2.35. The Morgan fingerprint density at radius 1 is 1.32 bits per heavy atom. The molecule has 2 N–H and O–H groups in total. The molecule has 2 rings (SSSR count). The highest BCUT2D eigenvalue weighted by atomic mass is 35.5. The number of hydrogen-bond acceptors (Lipinski definition) is 5. The number of hydrazone groups is 1. The minimum absolute atomic E-state index is 0.102. The Hall–Kier alpha value is -2.44. The maximum atomic E-state index is 12.0. The van der Waals surface area contributed by atoms with Crippen molar-refractivity contribution in [2.24, 2.45) is 5.10 Å². The molecule has 0 heterocycles. The van der Waals surface area contributed by atoms with Crippen molar-refractivity contribution in [1.29, 1.82) is 0 Å². The van der Waals surface area contributed by atoms with Gasteiger partial charge in [-0.1, -0.05) is 23.2 Å². The Morgan fingerprint density at radius 3 is 2.60 bits per heavy atom. The minimum atomic E-state index is -0.429. The number of nitrogens with one attached hydrogen (secondary N) is 1. The van der Waals surface area contributed by atoms with Crippen molar-refractivity contribution in [3.63, 3.8) is 0 Å². The quantitative estimate of drug-likeness (QED) is 0.586. The second-order valence-corrected chi connectivity index (χ2v) is 5.58. The topological polar surface area (TPSA) is 80.2 Å². The van der Waals surface area contributed by atoms with Gasteiger partial charge in [0.1, 0.15) is 5.75 Å². The van der Waals surface area contributed by atoms with Gasteiger partial charge in [0.2, 0.25) is 0 Å². The van der Waals surface area contributed by atoms with E-state index in [1.807, 2.05) is 0 Å². The van der Waals surface area contributed by atoms with Gasteiger partial charge in [0, 0.05) is 11.6 Å². The third-order valence-electron chi connectivity index (χ3n) is 3.20. The Morgan fingerprint density at radius 2 is 2.00 bits per heavy atom. The van der Waals surface area contributed by atoms with E-state index >= 15 is 0 Å². The van der Waals surface area contributed by atoms with Crippen molar-refractivity contribution >= 4 is 35.3 Å². The number of amides is 1. The average Bonchev–Trinajstić information content (AvgIpc) is 2.62. The van der Waals surface area contributed by atoms with Crippen LogP contribution in [0, 0.1) is 0 Å². The Kier molecular flexibility index (Phi) is 6.50. The number of carbonyl (C=O) groups is 1. The first-order chi connectivity index (χ1) is 12.0. The van der Waals surface area contributed by atoms with Crippen LogP contribution >= 0.6 is 23.2 Å². The highest BCUT2D eigenvalue weighted by Gasteiger charge is 2.15. The molecule has 132 valence electrons. The molecule has 0 saturated carbocycles. The fourth-order valence-electron chi connectivity index (χ4n) is 1.96. The third-order valence-corrected chi connectivity index (χ3v) is 4.01. The van der Waals surface area contributed by atoms with Gasteiger partial charge >= 0.3 is 0 Å². The van der Waals surface area contributed by atoms with Gasteiger partial charge in [0.05, 0.1) is 35.5 Å². The number of methoxy groups -OCH3 is 1. The maximum Gasteiger partial charge on any atom is 0.271 e. The summed E-state index contributed by atoms with van der Waals surface area (Å²) in [5.74, 6) is 0.180. The maximum absolute atomic E-state index is 12.0.